The van der Waals surface area contributed by atoms with Crippen LogP contribution < -0.4 is 10.1 Å². The van der Waals surface area contributed by atoms with E-state index in [4.69, 9.17) is 38.6 Å². The Kier molecular flexibility index (Phi) is 15.6. The van der Waals surface area contributed by atoms with E-state index in [1.807, 2.05) is 109 Å². The molecule has 0 saturated heterocycles. The van der Waals surface area contributed by atoms with E-state index in [1.54, 1.807) is 12.1 Å². The first kappa shape index (κ1) is 43.2. The molecular formula is C47H44N4O10. The zero-order chi connectivity index (χ0) is 42.8. The predicted octanol–water partition coefficient (Wildman–Crippen LogP) is 7.67. The topological polar surface area (TPSA) is 178 Å². The van der Waals surface area contributed by atoms with E-state index in [9.17, 15) is 19.5 Å². The third kappa shape index (κ3) is 12.8. The maximum Gasteiger partial charge on any atom is 0.409 e. The number of benzene rings is 5. The molecule has 312 valence electrons. The van der Waals surface area contributed by atoms with E-state index in [0.29, 0.717) is 17.2 Å². The minimum absolute atomic E-state index is 0.0216. The fourth-order valence-electron chi connectivity index (χ4n) is 5.78. The molecule has 1 unspecified atom stereocenters. The van der Waals surface area contributed by atoms with Gasteiger partial charge >= 0.3 is 18.0 Å². The van der Waals surface area contributed by atoms with Crippen LogP contribution >= 0.6 is 0 Å². The van der Waals surface area contributed by atoms with Crippen molar-refractivity contribution >= 4 is 18.0 Å². The Morgan fingerprint density at radius 3 is 1.61 bits per heavy atom. The Hall–Kier alpha value is -7.42. The molecule has 1 aromatic heterocycles. The van der Waals surface area contributed by atoms with Gasteiger partial charge in [-0.15, -0.1) is 0 Å². The molecule has 1 amide bonds. The third-order valence-electron chi connectivity index (χ3n) is 8.89. The number of nitrogens with one attached hydrogen (secondary N) is 1. The summed E-state index contributed by atoms with van der Waals surface area (Å²) >= 11 is 0. The molecule has 14 heteroatoms. The molecule has 1 atom stereocenters. The quantitative estimate of drug-likeness (QED) is 0.0252. The molecule has 0 aliphatic heterocycles. The number of aromatic nitrogens is 3. The summed E-state index contributed by atoms with van der Waals surface area (Å²) in [6.07, 6.45) is -0.786. The highest BCUT2D eigenvalue weighted by molar-refractivity contribution is 5.81. The van der Waals surface area contributed by atoms with Crippen LogP contribution in [0.25, 0.3) is 56.4 Å². The molecule has 0 spiro atoms. The smallest absolute Gasteiger partial charge is 0.409 e. The van der Waals surface area contributed by atoms with Crippen molar-refractivity contribution in [2.45, 2.75) is 13.0 Å². The number of esters is 2. The highest BCUT2D eigenvalue weighted by Crippen LogP contribution is 2.34. The van der Waals surface area contributed by atoms with Crippen molar-refractivity contribution in [1.29, 1.82) is 0 Å². The molecule has 14 nitrogen and oxygen atoms in total. The van der Waals surface area contributed by atoms with Crippen LogP contribution in [0.3, 0.4) is 0 Å². The first-order chi connectivity index (χ1) is 29.8. The number of aromatic hydroxyl groups is 1. The summed E-state index contributed by atoms with van der Waals surface area (Å²) in [6, 6.07) is 40.7. The van der Waals surface area contributed by atoms with Crippen molar-refractivity contribution in [3.05, 3.63) is 140 Å². The predicted molar refractivity (Wildman–Crippen MR) is 227 cm³/mol. The number of carbonyl (C=O) groups excluding carboxylic acids is 3. The van der Waals surface area contributed by atoms with Crippen molar-refractivity contribution < 1.29 is 47.9 Å². The fraction of sp³-hybridized carbons (Fsp3) is 0.191. The van der Waals surface area contributed by atoms with Crippen LogP contribution in [0, 0.1) is 0 Å². The number of hydrogen-bond acceptors (Lipinski definition) is 13. The highest BCUT2D eigenvalue weighted by atomic mass is 16.6. The Balaban J connectivity index is 1.03. The largest absolute Gasteiger partial charge is 0.507 e. The second kappa shape index (κ2) is 22.1. The van der Waals surface area contributed by atoms with Crippen molar-refractivity contribution in [3.63, 3.8) is 0 Å². The maximum atomic E-state index is 12.7. The Bertz CT molecular complexity index is 2280. The number of phenols is 1. The van der Waals surface area contributed by atoms with Gasteiger partial charge < -0.3 is 33.5 Å². The van der Waals surface area contributed by atoms with Gasteiger partial charge in [-0.1, -0.05) is 116 Å². The van der Waals surface area contributed by atoms with Crippen LogP contribution in [0.1, 0.15) is 6.92 Å². The van der Waals surface area contributed by atoms with Crippen LogP contribution in [-0.2, 0) is 33.3 Å². The number of phenolic OH excluding ortho intramolecular Hbond substituents is 1. The maximum absolute atomic E-state index is 12.7. The molecule has 0 radical (unpaired) electrons. The Morgan fingerprint density at radius 1 is 0.607 bits per heavy atom. The van der Waals surface area contributed by atoms with E-state index < -0.39 is 24.1 Å². The lowest BCUT2D eigenvalue weighted by Gasteiger charge is -2.15. The standard InChI is InChI=1S/C47H44N4O10/c1-3-42(53)60-31-48-47(55)59-29-27-57-25-24-56-26-28-58-46(54)32(2)61-39-22-23-40(41(52)30-39)45-50-43(37-18-14-35(15-19-37)33-10-6-4-7-11-33)49-44(51-45)38-20-16-36(17-21-38)34-12-8-5-9-13-34/h3-23,30,32,52H,1,24-29,31H2,2H3,(H,48,55). The highest BCUT2D eigenvalue weighted by Gasteiger charge is 2.19. The van der Waals surface area contributed by atoms with Gasteiger partial charge in [-0.05, 0) is 41.3 Å². The SMILES string of the molecule is C=CC(=O)OCNC(=O)OCCOCCOCCOC(=O)C(C)Oc1ccc(-c2nc(-c3ccc(-c4ccccc4)cc3)nc(-c3ccc(-c4ccccc4)cc3)n2)c(O)c1. The lowest BCUT2D eigenvalue weighted by Crippen LogP contribution is -2.29. The summed E-state index contributed by atoms with van der Waals surface area (Å²) in [6.45, 7) is 5.06. The first-order valence-electron chi connectivity index (χ1n) is 19.4. The van der Waals surface area contributed by atoms with Gasteiger partial charge in [0, 0.05) is 23.3 Å². The van der Waals surface area contributed by atoms with Crippen molar-refractivity contribution in [1.82, 2.24) is 20.3 Å². The minimum atomic E-state index is -0.993. The van der Waals surface area contributed by atoms with Gasteiger partial charge in [-0.2, -0.15) is 0 Å². The summed E-state index contributed by atoms with van der Waals surface area (Å²) in [5, 5.41) is 13.5. The summed E-state index contributed by atoms with van der Waals surface area (Å²) in [4.78, 5) is 49.5. The summed E-state index contributed by atoms with van der Waals surface area (Å²) < 4.78 is 31.3. The zero-order valence-corrected chi connectivity index (χ0v) is 33.4. The molecule has 0 bridgehead atoms. The lowest BCUT2D eigenvalue weighted by molar-refractivity contribution is -0.152. The monoisotopic (exact) mass is 824 g/mol. The van der Waals surface area contributed by atoms with Gasteiger partial charge in [-0.25, -0.2) is 29.3 Å². The second-order valence-electron chi connectivity index (χ2n) is 13.1. The number of hydrogen-bond donors (Lipinski definition) is 2. The third-order valence-corrected chi connectivity index (χ3v) is 8.89. The number of rotatable bonds is 20. The normalized spacial score (nSPS) is 11.2. The molecule has 6 aromatic rings. The number of alkyl carbamates (subject to hydrolysis) is 1. The molecule has 0 fully saturated rings. The van der Waals surface area contributed by atoms with Gasteiger partial charge in [0.1, 0.15) is 24.7 Å². The summed E-state index contributed by atoms with van der Waals surface area (Å²) in [7, 11) is 0. The second-order valence-corrected chi connectivity index (χ2v) is 13.1. The molecule has 0 saturated carbocycles. The van der Waals surface area contributed by atoms with E-state index in [-0.39, 0.29) is 63.7 Å². The van der Waals surface area contributed by atoms with Crippen LogP contribution in [-0.4, -0.2) is 90.6 Å². The number of nitrogens with zero attached hydrogens (tertiary/aromatic N) is 3. The fourth-order valence-corrected chi connectivity index (χ4v) is 5.78. The van der Waals surface area contributed by atoms with E-state index in [1.165, 1.54) is 13.0 Å². The molecule has 0 aliphatic rings. The van der Waals surface area contributed by atoms with Gasteiger partial charge in [-0.3, -0.25) is 5.32 Å². The molecule has 5 aromatic carbocycles. The average Bonchev–Trinajstić information content (AvgIpc) is 3.30. The molecular weight excluding hydrogens is 781 g/mol. The minimum Gasteiger partial charge on any atom is -0.507 e. The zero-order valence-electron chi connectivity index (χ0n) is 33.4. The van der Waals surface area contributed by atoms with Gasteiger partial charge in [0.25, 0.3) is 0 Å². The van der Waals surface area contributed by atoms with Gasteiger partial charge in [0.05, 0.1) is 32.0 Å². The Morgan fingerprint density at radius 2 is 1.08 bits per heavy atom. The first-order valence-corrected chi connectivity index (χ1v) is 19.4. The van der Waals surface area contributed by atoms with E-state index in [0.717, 1.165) is 39.5 Å². The van der Waals surface area contributed by atoms with E-state index >= 15 is 0 Å². The molecule has 2 N–H and O–H groups in total. The van der Waals surface area contributed by atoms with Gasteiger partial charge in [0.2, 0.25) is 0 Å². The van der Waals surface area contributed by atoms with Crippen molar-refractivity contribution in [2.75, 3.05) is 46.4 Å². The summed E-state index contributed by atoms with van der Waals surface area (Å²) in [5.41, 5.74) is 6.17. The average molecular weight is 825 g/mol. The molecule has 0 aliphatic carbocycles. The van der Waals surface area contributed by atoms with Gasteiger partial charge in [0.15, 0.2) is 30.3 Å². The summed E-state index contributed by atoms with van der Waals surface area (Å²) in [5.74, 6) is -0.104. The Labute approximate surface area is 352 Å². The van der Waals surface area contributed by atoms with Crippen LogP contribution in [0.4, 0.5) is 4.79 Å². The van der Waals surface area contributed by atoms with E-state index in [2.05, 4.69) is 16.6 Å². The van der Waals surface area contributed by atoms with Crippen molar-refractivity contribution in [3.8, 4) is 67.9 Å². The van der Waals surface area contributed by atoms with Crippen LogP contribution in [0.2, 0.25) is 0 Å². The number of amides is 1. The van der Waals surface area contributed by atoms with Crippen LogP contribution in [0.15, 0.2) is 140 Å². The molecule has 1 heterocycles. The molecule has 6 rings (SSSR count). The van der Waals surface area contributed by atoms with Crippen molar-refractivity contribution in [2.24, 2.45) is 0 Å². The number of carbonyl (C=O) groups is 3. The number of ether oxygens (including phenoxy) is 6. The lowest BCUT2D eigenvalue weighted by atomic mass is 10.0. The molecule has 61 heavy (non-hydrogen) atoms. The van der Waals surface area contributed by atoms with Crippen LogP contribution in [0.5, 0.6) is 11.5 Å².